The van der Waals surface area contributed by atoms with Gasteiger partial charge in [0, 0.05) is 24.7 Å². The molecular weight excluding hydrogens is 248 g/mol. The normalized spacial score (nSPS) is 18.6. The average Bonchev–Trinajstić information content (AvgIpc) is 2.86. The van der Waals surface area contributed by atoms with E-state index < -0.39 is 10.7 Å². The second kappa shape index (κ2) is 5.26. The lowest BCUT2D eigenvalue weighted by Gasteiger charge is -2.16. The van der Waals surface area contributed by atoms with Crippen molar-refractivity contribution < 1.29 is 14.8 Å². The van der Waals surface area contributed by atoms with E-state index in [2.05, 4.69) is 6.92 Å². The van der Waals surface area contributed by atoms with E-state index in [1.165, 1.54) is 12.1 Å². The molecule has 1 aromatic rings. The molecule has 0 radical (unpaired) electrons. The summed E-state index contributed by atoms with van der Waals surface area (Å²) in [6, 6.07) is 3.72. The molecule has 6 heteroatoms. The number of benzene rings is 1. The Morgan fingerprint density at radius 1 is 1.58 bits per heavy atom. The second-order valence-corrected chi connectivity index (χ2v) is 4.77. The molecule has 1 heterocycles. The standard InChI is InChI=1S/C13H16N2O4/c1-2-9-5-6-14(8-9)13(17)10-3-4-11(15(18)19)12(16)7-10/h3-4,7,9,16H,2,5-6,8H2,1H3. The summed E-state index contributed by atoms with van der Waals surface area (Å²) in [6.45, 7) is 3.51. The number of carbonyl (C=O) groups excluding carboxylic acids is 1. The Bertz CT molecular complexity index is 515. The minimum absolute atomic E-state index is 0.179. The van der Waals surface area contributed by atoms with Gasteiger partial charge in [0.25, 0.3) is 5.91 Å². The first-order chi connectivity index (χ1) is 9.02. The first-order valence-electron chi connectivity index (χ1n) is 6.29. The fourth-order valence-electron chi connectivity index (χ4n) is 2.34. The number of hydrogen-bond acceptors (Lipinski definition) is 4. The van der Waals surface area contributed by atoms with Gasteiger partial charge in [0.2, 0.25) is 0 Å². The van der Waals surface area contributed by atoms with Crippen LogP contribution in [0, 0.1) is 16.0 Å². The molecule has 1 aromatic carbocycles. The molecule has 0 bridgehead atoms. The Hall–Kier alpha value is -2.11. The summed E-state index contributed by atoms with van der Waals surface area (Å²) in [7, 11) is 0. The van der Waals surface area contributed by atoms with E-state index in [9.17, 15) is 20.0 Å². The highest BCUT2D eigenvalue weighted by atomic mass is 16.6. The number of phenols is 1. The van der Waals surface area contributed by atoms with Crippen molar-refractivity contribution in [3.05, 3.63) is 33.9 Å². The quantitative estimate of drug-likeness (QED) is 0.669. The molecular formula is C13H16N2O4. The second-order valence-electron chi connectivity index (χ2n) is 4.77. The van der Waals surface area contributed by atoms with Gasteiger partial charge in [0.05, 0.1) is 4.92 Å². The summed E-state index contributed by atoms with van der Waals surface area (Å²) in [5.41, 5.74) is -0.0933. The highest BCUT2D eigenvalue weighted by Gasteiger charge is 2.26. The Labute approximate surface area is 110 Å². The number of amides is 1. The van der Waals surface area contributed by atoms with Crippen molar-refractivity contribution in [2.24, 2.45) is 5.92 Å². The molecule has 1 fully saturated rings. The van der Waals surface area contributed by atoms with Gasteiger partial charge in [0.1, 0.15) is 0 Å². The maximum Gasteiger partial charge on any atom is 0.310 e. The Morgan fingerprint density at radius 2 is 2.32 bits per heavy atom. The van der Waals surface area contributed by atoms with Crippen molar-refractivity contribution in [3.63, 3.8) is 0 Å². The molecule has 0 spiro atoms. The van der Waals surface area contributed by atoms with Gasteiger partial charge in [0.15, 0.2) is 5.75 Å². The lowest BCUT2D eigenvalue weighted by Crippen LogP contribution is -2.28. The van der Waals surface area contributed by atoms with Crippen LogP contribution in [0.4, 0.5) is 5.69 Å². The molecule has 1 amide bonds. The molecule has 102 valence electrons. The summed E-state index contributed by atoms with van der Waals surface area (Å²) in [4.78, 5) is 23.8. The largest absolute Gasteiger partial charge is 0.502 e. The minimum atomic E-state index is -0.674. The molecule has 2 rings (SSSR count). The molecule has 1 saturated heterocycles. The van der Waals surface area contributed by atoms with Crippen LogP contribution in [0.25, 0.3) is 0 Å². The predicted molar refractivity (Wildman–Crippen MR) is 69.1 cm³/mol. The number of phenolic OH excluding ortho intramolecular Hbond substituents is 1. The van der Waals surface area contributed by atoms with Crippen molar-refractivity contribution in [3.8, 4) is 5.75 Å². The van der Waals surface area contributed by atoms with Crippen molar-refractivity contribution in [2.45, 2.75) is 19.8 Å². The average molecular weight is 264 g/mol. The third-order valence-electron chi connectivity index (χ3n) is 3.57. The van der Waals surface area contributed by atoms with Crippen molar-refractivity contribution in [2.75, 3.05) is 13.1 Å². The molecule has 1 atom stereocenters. The first kappa shape index (κ1) is 13.3. The van der Waals surface area contributed by atoms with Crippen molar-refractivity contribution >= 4 is 11.6 Å². The van der Waals surface area contributed by atoms with E-state index >= 15 is 0 Å². The smallest absolute Gasteiger partial charge is 0.310 e. The number of nitro benzene ring substituents is 1. The monoisotopic (exact) mass is 264 g/mol. The van der Waals surface area contributed by atoms with Gasteiger partial charge in [-0.1, -0.05) is 13.3 Å². The van der Waals surface area contributed by atoms with Crippen LogP contribution < -0.4 is 0 Å². The molecule has 19 heavy (non-hydrogen) atoms. The van der Waals surface area contributed by atoms with E-state index in [4.69, 9.17) is 0 Å². The number of aromatic hydroxyl groups is 1. The van der Waals surface area contributed by atoms with Gasteiger partial charge in [-0.15, -0.1) is 0 Å². The predicted octanol–water partition coefficient (Wildman–Crippen LogP) is 2.17. The van der Waals surface area contributed by atoms with E-state index in [1.807, 2.05) is 0 Å². The Kier molecular flexibility index (Phi) is 3.69. The zero-order chi connectivity index (χ0) is 14.0. The lowest BCUT2D eigenvalue weighted by atomic mass is 10.1. The van der Waals surface area contributed by atoms with E-state index in [-0.39, 0.29) is 11.6 Å². The summed E-state index contributed by atoms with van der Waals surface area (Å²) in [6.07, 6.45) is 2.02. The molecule has 1 aliphatic heterocycles. The fraction of sp³-hybridized carbons (Fsp3) is 0.462. The minimum Gasteiger partial charge on any atom is -0.502 e. The zero-order valence-corrected chi connectivity index (χ0v) is 10.7. The van der Waals surface area contributed by atoms with Gasteiger partial charge < -0.3 is 10.0 Å². The maximum atomic E-state index is 12.2. The SMILES string of the molecule is CCC1CCN(C(=O)c2ccc([N+](=O)[O-])c(O)c2)C1. The molecule has 0 aromatic heterocycles. The Morgan fingerprint density at radius 3 is 2.84 bits per heavy atom. The molecule has 1 aliphatic rings. The zero-order valence-electron chi connectivity index (χ0n) is 10.7. The number of nitro groups is 1. The molecule has 6 nitrogen and oxygen atoms in total. The van der Waals surface area contributed by atoms with Crippen LogP contribution in [0.5, 0.6) is 5.75 Å². The highest BCUT2D eigenvalue weighted by molar-refractivity contribution is 5.95. The van der Waals surface area contributed by atoms with Gasteiger partial charge in [-0.2, -0.15) is 0 Å². The van der Waals surface area contributed by atoms with Gasteiger partial charge in [-0.05, 0) is 24.5 Å². The highest BCUT2D eigenvalue weighted by Crippen LogP contribution is 2.28. The van der Waals surface area contributed by atoms with Crippen LogP contribution in [-0.4, -0.2) is 33.9 Å². The summed E-state index contributed by atoms with van der Waals surface area (Å²) < 4.78 is 0. The third-order valence-corrected chi connectivity index (χ3v) is 3.57. The van der Waals surface area contributed by atoms with Gasteiger partial charge in [-0.25, -0.2) is 0 Å². The van der Waals surface area contributed by atoms with E-state index in [0.29, 0.717) is 24.6 Å². The van der Waals surface area contributed by atoms with E-state index in [0.717, 1.165) is 18.9 Å². The first-order valence-corrected chi connectivity index (χ1v) is 6.29. The maximum absolute atomic E-state index is 12.2. The number of likely N-dealkylation sites (tertiary alicyclic amines) is 1. The summed E-state index contributed by atoms with van der Waals surface area (Å²) in [5.74, 6) is -0.126. The number of carbonyl (C=O) groups is 1. The van der Waals surface area contributed by atoms with Gasteiger partial charge >= 0.3 is 5.69 Å². The third kappa shape index (κ3) is 2.67. The van der Waals surface area contributed by atoms with Crippen LogP contribution in [0.1, 0.15) is 30.1 Å². The molecule has 0 saturated carbocycles. The van der Waals surface area contributed by atoms with Crippen LogP contribution >= 0.6 is 0 Å². The number of rotatable bonds is 3. The van der Waals surface area contributed by atoms with Gasteiger partial charge in [-0.3, -0.25) is 14.9 Å². The topological polar surface area (TPSA) is 83.7 Å². The molecule has 1 N–H and O–H groups in total. The fourth-order valence-corrected chi connectivity index (χ4v) is 2.34. The van der Waals surface area contributed by atoms with Crippen LogP contribution in [0.15, 0.2) is 18.2 Å². The van der Waals surface area contributed by atoms with Crippen molar-refractivity contribution in [1.82, 2.24) is 4.90 Å². The van der Waals surface area contributed by atoms with Crippen molar-refractivity contribution in [1.29, 1.82) is 0 Å². The molecule has 1 unspecified atom stereocenters. The molecule has 0 aliphatic carbocycles. The lowest BCUT2D eigenvalue weighted by molar-refractivity contribution is -0.385. The summed E-state index contributed by atoms with van der Waals surface area (Å²) in [5, 5.41) is 20.1. The number of nitrogens with zero attached hydrogens (tertiary/aromatic N) is 2. The Balaban J connectivity index is 2.16. The van der Waals surface area contributed by atoms with Crippen LogP contribution in [0.2, 0.25) is 0 Å². The van der Waals surface area contributed by atoms with E-state index in [1.54, 1.807) is 4.90 Å². The van der Waals surface area contributed by atoms with Crippen LogP contribution in [0.3, 0.4) is 0 Å². The summed E-state index contributed by atoms with van der Waals surface area (Å²) >= 11 is 0. The number of hydrogen-bond donors (Lipinski definition) is 1. The van der Waals surface area contributed by atoms with Crippen LogP contribution in [-0.2, 0) is 0 Å².